The molecule has 0 aliphatic heterocycles. The third-order valence-electron chi connectivity index (χ3n) is 6.55. The van der Waals surface area contributed by atoms with Crippen LogP contribution in [0.4, 0.5) is 0 Å². The van der Waals surface area contributed by atoms with Gasteiger partial charge in [0.25, 0.3) is 0 Å². The minimum atomic E-state index is 0.209. The molecule has 0 aromatic heterocycles. The van der Waals surface area contributed by atoms with E-state index in [9.17, 15) is 0 Å². The highest BCUT2D eigenvalue weighted by atomic mass is 35.5. The minimum absolute atomic E-state index is 0.209. The molecule has 1 aromatic rings. The summed E-state index contributed by atoms with van der Waals surface area (Å²) in [5.74, 6) is 3.08. The van der Waals surface area contributed by atoms with Gasteiger partial charge in [0.2, 0.25) is 0 Å². The molecule has 0 saturated heterocycles. The Morgan fingerprint density at radius 3 is 2.19 bits per heavy atom. The van der Waals surface area contributed by atoms with E-state index in [1.165, 1.54) is 61.6 Å². The van der Waals surface area contributed by atoms with Crippen LogP contribution < -0.4 is 0 Å². The molecule has 0 heterocycles. The zero-order valence-corrected chi connectivity index (χ0v) is 14.1. The number of halogens is 1. The average Bonchev–Trinajstić information content (AvgIpc) is 2.39. The Morgan fingerprint density at radius 1 is 1.05 bits per heavy atom. The van der Waals surface area contributed by atoms with Crippen molar-refractivity contribution in [2.75, 3.05) is 0 Å². The maximum Gasteiger partial charge on any atom is 0.0593 e. The fraction of sp³-hybridized carbons (Fsp3) is 0.700. The molecule has 0 nitrogen and oxygen atoms in total. The Hall–Kier alpha value is -0.490. The molecule has 0 radical (unpaired) electrons. The average molecular weight is 303 g/mol. The lowest BCUT2D eigenvalue weighted by molar-refractivity contribution is -0.0576. The highest BCUT2D eigenvalue weighted by Crippen LogP contribution is 2.62. The van der Waals surface area contributed by atoms with Crippen molar-refractivity contribution in [2.24, 2.45) is 23.2 Å². The van der Waals surface area contributed by atoms with Gasteiger partial charge >= 0.3 is 0 Å². The number of hydrogen-bond acceptors (Lipinski definition) is 0. The van der Waals surface area contributed by atoms with Crippen LogP contribution in [0.25, 0.3) is 0 Å². The smallest absolute Gasteiger partial charge is 0.0593 e. The van der Waals surface area contributed by atoms with E-state index in [0.29, 0.717) is 5.41 Å². The number of benzene rings is 1. The zero-order chi connectivity index (χ0) is 14.6. The van der Waals surface area contributed by atoms with Crippen molar-refractivity contribution < 1.29 is 0 Å². The summed E-state index contributed by atoms with van der Waals surface area (Å²) in [4.78, 5) is 0. The third kappa shape index (κ3) is 2.54. The molecule has 1 unspecified atom stereocenters. The highest BCUT2D eigenvalue weighted by molar-refractivity contribution is 6.21. The summed E-state index contributed by atoms with van der Waals surface area (Å²) < 4.78 is 0. The van der Waals surface area contributed by atoms with Gasteiger partial charge < -0.3 is 0 Å². The standard InChI is InChI=1S/C20H27Cl/c1-13-3-4-14(2)18(5-13)19(21)12-20-9-15-6-16(10-20)8-17(7-15)11-20/h3-5,15-17,19H,6-12H2,1-2H3. The van der Waals surface area contributed by atoms with E-state index in [-0.39, 0.29) is 5.38 Å². The SMILES string of the molecule is Cc1ccc(C)c(C(Cl)CC23CC4CC(CC(C4)C2)C3)c1. The van der Waals surface area contributed by atoms with E-state index in [1.807, 2.05) is 0 Å². The Kier molecular flexibility index (Phi) is 3.37. The van der Waals surface area contributed by atoms with Crippen LogP contribution in [0.3, 0.4) is 0 Å². The molecule has 4 fully saturated rings. The van der Waals surface area contributed by atoms with E-state index in [1.54, 1.807) is 0 Å². The molecule has 5 rings (SSSR count). The molecule has 0 amide bonds. The lowest BCUT2D eigenvalue weighted by Crippen LogP contribution is -2.46. The Balaban J connectivity index is 1.56. The van der Waals surface area contributed by atoms with Crippen LogP contribution in [-0.2, 0) is 0 Å². The summed E-state index contributed by atoms with van der Waals surface area (Å²) in [5.41, 5.74) is 4.67. The molecule has 0 spiro atoms. The second-order valence-corrected chi connectivity index (χ2v) is 8.98. The van der Waals surface area contributed by atoms with Crippen LogP contribution in [0.1, 0.15) is 67.0 Å². The molecular formula is C20H27Cl. The molecule has 21 heavy (non-hydrogen) atoms. The van der Waals surface area contributed by atoms with E-state index in [4.69, 9.17) is 11.6 Å². The lowest BCUT2D eigenvalue weighted by atomic mass is 9.48. The van der Waals surface area contributed by atoms with Crippen molar-refractivity contribution in [1.29, 1.82) is 0 Å². The summed E-state index contributed by atoms with van der Waals surface area (Å²) in [6, 6.07) is 6.75. The molecule has 0 N–H and O–H groups in total. The van der Waals surface area contributed by atoms with Gasteiger partial charge in [-0.1, -0.05) is 23.8 Å². The van der Waals surface area contributed by atoms with Crippen molar-refractivity contribution in [1.82, 2.24) is 0 Å². The first kappa shape index (κ1) is 14.1. The quantitative estimate of drug-likeness (QED) is 0.584. The number of alkyl halides is 1. The Morgan fingerprint density at radius 2 is 1.62 bits per heavy atom. The summed E-state index contributed by atoms with van der Waals surface area (Å²) in [5, 5.41) is 0.209. The molecule has 1 aromatic carbocycles. The first-order valence-electron chi connectivity index (χ1n) is 8.74. The topological polar surface area (TPSA) is 0 Å². The van der Waals surface area contributed by atoms with Gasteiger partial charge in [0.1, 0.15) is 0 Å². The first-order chi connectivity index (χ1) is 10.0. The van der Waals surface area contributed by atoms with Crippen molar-refractivity contribution in [2.45, 2.75) is 64.2 Å². The van der Waals surface area contributed by atoms with E-state index in [2.05, 4.69) is 32.0 Å². The van der Waals surface area contributed by atoms with Gasteiger partial charge in [0, 0.05) is 0 Å². The van der Waals surface area contributed by atoms with E-state index >= 15 is 0 Å². The van der Waals surface area contributed by atoms with Gasteiger partial charge in [-0.3, -0.25) is 0 Å². The third-order valence-corrected chi connectivity index (χ3v) is 6.94. The summed E-state index contributed by atoms with van der Waals surface area (Å²) in [6.07, 6.45) is 10.2. The summed E-state index contributed by atoms with van der Waals surface area (Å²) in [6.45, 7) is 4.39. The summed E-state index contributed by atoms with van der Waals surface area (Å²) >= 11 is 6.92. The molecule has 114 valence electrons. The van der Waals surface area contributed by atoms with Gasteiger partial charge in [0.15, 0.2) is 0 Å². The fourth-order valence-corrected chi connectivity index (χ4v) is 6.69. The van der Waals surface area contributed by atoms with Gasteiger partial charge in [-0.05, 0) is 93.1 Å². The number of rotatable bonds is 3. The predicted molar refractivity (Wildman–Crippen MR) is 89.7 cm³/mol. The predicted octanol–water partition coefficient (Wildman–Crippen LogP) is 6.19. The van der Waals surface area contributed by atoms with Gasteiger partial charge in [0.05, 0.1) is 5.38 Å². The molecule has 1 heteroatoms. The second kappa shape index (κ2) is 5.01. The van der Waals surface area contributed by atoms with Gasteiger partial charge in [-0.15, -0.1) is 11.6 Å². The number of hydrogen-bond donors (Lipinski definition) is 0. The van der Waals surface area contributed by atoms with Gasteiger partial charge in [-0.25, -0.2) is 0 Å². The first-order valence-corrected chi connectivity index (χ1v) is 9.18. The van der Waals surface area contributed by atoms with Crippen molar-refractivity contribution in [3.05, 3.63) is 34.9 Å². The minimum Gasteiger partial charge on any atom is -0.118 e. The molecule has 4 saturated carbocycles. The van der Waals surface area contributed by atoms with Crippen LogP contribution >= 0.6 is 11.6 Å². The molecule has 4 aliphatic rings. The maximum absolute atomic E-state index is 6.92. The highest BCUT2D eigenvalue weighted by Gasteiger charge is 2.51. The summed E-state index contributed by atoms with van der Waals surface area (Å²) in [7, 11) is 0. The second-order valence-electron chi connectivity index (χ2n) is 8.45. The van der Waals surface area contributed by atoms with Crippen molar-refractivity contribution >= 4 is 11.6 Å². The van der Waals surface area contributed by atoms with Crippen LogP contribution in [0.15, 0.2) is 18.2 Å². The number of aryl methyl sites for hydroxylation is 2. The molecule has 4 aliphatic carbocycles. The Bertz CT molecular complexity index is 509. The fourth-order valence-electron chi connectivity index (χ4n) is 6.13. The van der Waals surface area contributed by atoms with Crippen molar-refractivity contribution in [3.8, 4) is 0 Å². The monoisotopic (exact) mass is 302 g/mol. The van der Waals surface area contributed by atoms with E-state index < -0.39 is 0 Å². The van der Waals surface area contributed by atoms with Crippen molar-refractivity contribution in [3.63, 3.8) is 0 Å². The normalized spacial score (nSPS) is 38.7. The zero-order valence-electron chi connectivity index (χ0n) is 13.4. The largest absolute Gasteiger partial charge is 0.118 e. The van der Waals surface area contributed by atoms with Crippen LogP contribution in [-0.4, -0.2) is 0 Å². The molecule has 4 bridgehead atoms. The lowest BCUT2D eigenvalue weighted by Gasteiger charge is -2.57. The maximum atomic E-state index is 6.92. The molecule has 1 atom stereocenters. The van der Waals surface area contributed by atoms with E-state index in [0.717, 1.165) is 17.8 Å². The van der Waals surface area contributed by atoms with Crippen LogP contribution in [0.5, 0.6) is 0 Å². The van der Waals surface area contributed by atoms with Crippen LogP contribution in [0.2, 0.25) is 0 Å². The Labute approximate surface area is 134 Å². The molecular weight excluding hydrogens is 276 g/mol. The van der Waals surface area contributed by atoms with Crippen LogP contribution in [0, 0.1) is 37.0 Å². The van der Waals surface area contributed by atoms with Gasteiger partial charge in [-0.2, -0.15) is 0 Å².